The number of hydrogen-bond acceptors (Lipinski definition) is 3. The SMILES string of the molecule is Cc1c(N)cccc1NC(=O)COC1CCC(C)(C)CC1. The molecule has 21 heavy (non-hydrogen) atoms. The monoisotopic (exact) mass is 290 g/mol. The molecule has 0 bridgehead atoms. The van der Waals surface area contributed by atoms with Gasteiger partial charge in [0.15, 0.2) is 0 Å². The Hall–Kier alpha value is -1.55. The lowest BCUT2D eigenvalue weighted by Gasteiger charge is -2.34. The molecule has 0 heterocycles. The first-order chi connectivity index (χ1) is 9.87. The Kier molecular flexibility index (Phi) is 4.88. The van der Waals surface area contributed by atoms with Crippen molar-refractivity contribution in [3.63, 3.8) is 0 Å². The van der Waals surface area contributed by atoms with Gasteiger partial charge in [-0.2, -0.15) is 0 Å². The molecule has 0 radical (unpaired) electrons. The molecule has 4 heteroatoms. The zero-order valence-electron chi connectivity index (χ0n) is 13.2. The summed E-state index contributed by atoms with van der Waals surface area (Å²) in [4.78, 5) is 12.0. The van der Waals surface area contributed by atoms with E-state index < -0.39 is 0 Å². The van der Waals surface area contributed by atoms with Gasteiger partial charge in [-0.1, -0.05) is 19.9 Å². The third-order valence-corrected chi connectivity index (χ3v) is 4.39. The predicted molar refractivity (Wildman–Crippen MR) is 86.2 cm³/mol. The summed E-state index contributed by atoms with van der Waals surface area (Å²) in [5.41, 5.74) is 8.58. The number of ether oxygens (including phenoxy) is 1. The van der Waals surface area contributed by atoms with Crippen molar-refractivity contribution >= 4 is 17.3 Å². The second-order valence-corrected chi connectivity index (χ2v) is 6.74. The van der Waals surface area contributed by atoms with Crippen molar-refractivity contribution in [2.24, 2.45) is 5.41 Å². The first kappa shape index (κ1) is 15.8. The van der Waals surface area contributed by atoms with Crippen molar-refractivity contribution in [2.75, 3.05) is 17.7 Å². The largest absolute Gasteiger partial charge is 0.398 e. The molecule has 4 nitrogen and oxygen atoms in total. The van der Waals surface area contributed by atoms with Crippen LogP contribution in [0.15, 0.2) is 18.2 Å². The van der Waals surface area contributed by atoms with Gasteiger partial charge in [-0.3, -0.25) is 4.79 Å². The van der Waals surface area contributed by atoms with Gasteiger partial charge in [0.05, 0.1) is 6.10 Å². The molecule has 1 aliphatic carbocycles. The maximum atomic E-state index is 12.0. The van der Waals surface area contributed by atoms with Gasteiger partial charge in [-0.05, 0) is 55.7 Å². The fourth-order valence-electron chi connectivity index (χ4n) is 2.71. The molecule has 0 saturated heterocycles. The molecule has 1 aromatic carbocycles. The van der Waals surface area contributed by atoms with Crippen molar-refractivity contribution in [3.8, 4) is 0 Å². The summed E-state index contributed by atoms with van der Waals surface area (Å²) in [5.74, 6) is -0.117. The first-order valence-electron chi connectivity index (χ1n) is 7.64. The third kappa shape index (κ3) is 4.46. The summed E-state index contributed by atoms with van der Waals surface area (Å²) in [6, 6.07) is 5.51. The quantitative estimate of drug-likeness (QED) is 0.834. The summed E-state index contributed by atoms with van der Waals surface area (Å²) < 4.78 is 5.74. The molecule has 1 amide bonds. The van der Waals surface area contributed by atoms with Crippen molar-refractivity contribution in [2.45, 2.75) is 52.6 Å². The summed E-state index contributed by atoms with van der Waals surface area (Å²) in [6.45, 7) is 6.59. The number of benzene rings is 1. The van der Waals surface area contributed by atoms with Gasteiger partial charge < -0.3 is 15.8 Å². The lowest BCUT2D eigenvalue weighted by Crippen LogP contribution is -2.29. The van der Waals surface area contributed by atoms with Gasteiger partial charge in [0.1, 0.15) is 6.61 Å². The number of rotatable bonds is 4. The highest BCUT2D eigenvalue weighted by Gasteiger charge is 2.27. The molecule has 1 aliphatic rings. The van der Waals surface area contributed by atoms with Crippen LogP contribution in [0.4, 0.5) is 11.4 Å². The van der Waals surface area contributed by atoms with Crippen molar-refractivity contribution < 1.29 is 9.53 Å². The van der Waals surface area contributed by atoms with E-state index in [4.69, 9.17) is 10.5 Å². The van der Waals surface area contributed by atoms with E-state index in [2.05, 4.69) is 19.2 Å². The van der Waals surface area contributed by atoms with Crippen LogP contribution in [0.2, 0.25) is 0 Å². The molecule has 2 rings (SSSR count). The molecule has 1 aromatic rings. The molecule has 0 unspecified atom stereocenters. The number of nitrogen functional groups attached to an aromatic ring is 1. The standard InChI is InChI=1S/C17H26N2O2/c1-12-14(18)5-4-6-15(12)19-16(20)11-21-13-7-9-17(2,3)10-8-13/h4-6,13H,7-11,18H2,1-3H3,(H,19,20). The average Bonchev–Trinajstić information content (AvgIpc) is 2.43. The number of hydrogen-bond donors (Lipinski definition) is 2. The van der Waals surface area contributed by atoms with Crippen LogP contribution in [0.3, 0.4) is 0 Å². The third-order valence-electron chi connectivity index (χ3n) is 4.39. The van der Waals surface area contributed by atoms with Crippen molar-refractivity contribution in [1.82, 2.24) is 0 Å². The predicted octanol–water partition coefficient (Wildman–Crippen LogP) is 3.50. The Morgan fingerprint density at radius 3 is 2.71 bits per heavy atom. The van der Waals surface area contributed by atoms with E-state index in [0.29, 0.717) is 11.1 Å². The van der Waals surface area contributed by atoms with Crippen molar-refractivity contribution in [3.05, 3.63) is 23.8 Å². The van der Waals surface area contributed by atoms with Gasteiger partial charge in [0, 0.05) is 11.4 Å². The number of anilines is 2. The van der Waals surface area contributed by atoms with Gasteiger partial charge in [-0.15, -0.1) is 0 Å². The lowest BCUT2D eigenvalue weighted by molar-refractivity contribution is -0.123. The summed E-state index contributed by atoms with van der Waals surface area (Å²) >= 11 is 0. The fourth-order valence-corrected chi connectivity index (χ4v) is 2.71. The first-order valence-corrected chi connectivity index (χ1v) is 7.64. The van der Waals surface area contributed by atoms with E-state index in [0.717, 1.165) is 36.9 Å². The fraction of sp³-hybridized carbons (Fsp3) is 0.588. The highest BCUT2D eigenvalue weighted by Crippen LogP contribution is 2.36. The number of nitrogens with one attached hydrogen (secondary N) is 1. The van der Waals surface area contributed by atoms with Gasteiger partial charge in [-0.25, -0.2) is 0 Å². The molecule has 116 valence electrons. The number of amides is 1. The summed E-state index contributed by atoms with van der Waals surface area (Å²) in [6.07, 6.45) is 4.61. The zero-order valence-corrected chi connectivity index (χ0v) is 13.2. The highest BCUT2D eigenvalue weighted by molar-refractivity contribution is 5.93. The normalized spacial score (nSPS) is 18.4. The molecule has 0 atom stereocenters. The lowest BCUT2D eigenvalue weighted by atomic mass is 9.76. The maximum Gasteiger partial charge on any atom is 0.250 e. The molecule has 0 aromatic heterocycles. The highest BCUT2D eigenvalue weighted by atomic mass is 16.5. The molecular weight excluding hydrogens is 264 g/mol. The van der Waals surface area contributed by atoms with Gasteiger partial charge in [0.2, 0.25) is 5.91 Å². The van der Waals surface area contributed by atoms with Crippen LogP contribution < -0.4 is 11.1 Å². The average molecular weight is 290 g/mol. The van der Waals surface area contributed by atoms with E-state index in [1.165, 1.54) is 0 Å². The molecule has 1 fully saturated rings. The molecular formula is C17H26N2O2. The number of carbonyl (C=O) groups excluding carboxylic acids is 1. The second-order valence-electron chi connectivity index (χ2n) is 6.74. The number of nitrogens with two attached hydrogens (primary N) is 1. The number of carbonyl (C=O) groups is 1. The Morgan fingerprint density at radius 1 is 1.38 bits per heavy atom. The molecule has 0 spiro atoms. The van der Waals surface area contributed by atoms with E-state index >= 15 is 0 Å². The van der Waals surface area contributed by atoms with Crippen molar-refractivity contribution in [1.29, 1.82) is 0 Å². The van der Waals surface area contributed by atoms with Crippen LogP contribution in [-0.2, 0) is 9.53 Å². The Balaban J connectivity index is 1.79. The Bertz CT molecular complexity index is 502. The van der Waals surface area contributed by atoms with Gasteiger partial charge >= 0.3 is 0 Å². The van der Waals surface area contributed by atoms with Crippen LogP contribution in [0.1, 0.15) is 45.1 Å². The molecule has 3 N–H and O–H groups in total. The van der Waals surface area contributed by atoms with Crippen LogP contribution in [0, 0.1) is 12.3 Å². The van der Waals surface area contributed by atoms with E-state index in [9.17, 15) is 4.79 Å². The minimum Gasteiger partial charge on any atom is -0.398 e. The minimum absolute atomic E-state index is 0.110. The van der Waals surface area contributed by atoms with Crippen LogP contribution in [0.5, 0.6) is 0 Å². The van der Waals surface area contributed by atoms with Gasteiger partial charge in [0.25, 0.3) is 0 Å². The molecule has 1 saturated carbocycles. The summed E-state index contributed by atoms with van der Waals surface area (Å²) in [7, 11) is 0. The van der Waals surface area contributed by atoms with E-state index in [1.54, 1.807) is 0 Å². The zero-order chi connectivity index (χ0) is 15.5. The Morgan fingerprint density at radius 2 is 2.05 bits per heavy atom. The minimum atomic E-state index is -0.117. The maximum absolute atomic E-state index is 12.0. The summed E-state index contributed by atoms with van der Waals surface area (Å²) in [5, 5.41) is 2.86. The molecule has 0 aliphatic heterocycles. The van der Waals surface area contributed by atoms with Crippen LogP contribution >= 0.6 is 0 Å². The topological polar surface area (TPSA) is 64.3 Å². The van der Waals surface area contributed by atoms with E-state index in [-0.39, 0.29) is 18.6 Å². The van der Waals surface area contributed by atoms with Crippen LogP contribution in [-0.4, -0.2) is 18.6 Å². The Labute approximate surface area is 127 Å². The van der Waals surface area contributed by atoms with Crippen LogP contribution in [0.25, 0.3) is 0 Å². The van der Waals surface area contributed by atoms with E-state index in [1.807, 2.05) is 25.1 Å². The smallest absolute Gasteiger partial charge is 0.250 e. The second kappa shape index (κ2) is 6.48.